The van der Waals surface area contributed by atoms with Gasteiger partial charge in [0.25, 0.3) is 0 Å². The molecule has 0 amide bonds. The standard InChI is InChI=1S/C15H30O2Si/c1-9-15(16)14(8)10-17-18(11(2)3,12(4)5)13(6)7/h9,11-14H,1,10H2,2-8H3/t14-/m1/s1. The van der Waals surface area contributed by atoms with Crippen molar-refractivity contribution in [3.63, 3.8) is 0 Å². The number of carbonyl (C=O) groups excluding carboxylic acids is 1. The molecule has 3 heteroatoms. The normalized spacial score (nSPS) is 14.3. The predicted octanol–water partition coefficient (Wildman–Crippen LogP) is 4.57. The van der Waals surface area contributed by atoms with E-state index in [-0.39, 0.29) is 11.7 Å². The molecular weight excluding hydrogens is 240 g/mol. The van der Waals surface area contributed by atoms with Crippen LogP contribution in [-0.4, -0.2) is 20.7 Å². The quantitative estimate of drug-likeness (QED) is 0.477. The maximum absolute atomic E-state index is 11.6. The molecule has 0 aliphatic carbocycles. The summed E-state index contributed by atoms with van der Waals surface area (Å²) in [6.45, 7) is 19.5. The lowest BCUT2D eigenvalue weighted by atomic mass is 10.1. The Kier molecular flexibility index (Phi) is 7.08. The first-order valence-corrected chi connectivity index (χ1v) is 9.14. The zero-order valence-corrected chi connectivity index (χ0v) is 14.1. The van der Waals surface area contributed by atoms with Crippen LogP contribution in [0.1, 0.15) is 48.5 Å². The number of allylic oxidation sites excluding steroid dienone is 1. The van der Waals surface area contributed by atoms with Crippen molar-refractivity contribution < 1.29 is 9.22 Å². The highest BCUT2D eigenvalue weighted by Gasteiger charge is 2.45. The van der Waals surface area contributed by atoms with Gasteiger partial charge in [0.15, 0.2) is 14.1 Å². The minimum absolute atomic E-state index is 0.0779. The third kappa shape index (κ3) is 3.79. The summed E-state index contributed by atoms with van der Waals surface area (Å²) in [5.74, 6) is -0.000191. The molecular formula is C15H30O2Si. The van der Waals surface area contributed by atoms with Crippen molar-refractivity contribution in [2.75, 3.05) is 6.61 Å². The fourth-order valence-corrected chi connectivity index (χ4v) is 8.59. The summed E-state index contributed by atoms with van der Waals surface area (Å²) in [6, 6.07) is 0. The molecule has 0 unspecified atom stereocenters. The minimum atomic E-state index is -1.84. The summed E-state index contributed by atoms with van der Waals surface area (Å²) in [5, 5.41) is 0. The lowest BCUT2D eigenvalue weighted by Crippen LogP contribution is -2.48. The van der Waals surface area contributed by atoms with Crippen LogP contribution in [0, 0.1) is 5.92 Å². The van der Waals surface area contributed by atoms with Gasteiger partial charge >= 0.3 is 0 Å². The van der Waals surface area contributed by atoms with Crippen molar-refractivity contribution in [2.45, 2.75) is 65.1 Å². The van der Waals surface area contributed by atoms with Crippen LogP contribution in [-0.2, 0) is 9.22 Å². The van der Waals surface area contributed by atoms with Gasteiger partial charge in [-0.3, -0.25) is 4.79 Å². The van der Waals surface area contributed by atoms with Crippen molar-refractivity contribution in [2.24, 2.45) is 5.92 Å². The van der Waals surface area contributed by atoms with Crippen LogP contribution in [0.5, 0.6) is 0 Å². The lowest BCUT2D eigenvalue weighted by molar-refractivity contribution is -0.118. The Bertz CT molecular complexity index is 260. The molecule has 0 aliphatic rings. The second-order valence-corrected chi connectivity index (χ2v) is 11.6. The Morgan fingerprint density at radius 2 is 1.44 bits per heavy atom. The van der Waals surface area contributed by atoms with E-state index in [9.17, 15) is 4.79 Å². The lowest BCUT2D eigenvalue weighted by Gasteiger charge is -2.42. The maximum atomic E-state index is 11.6. The van der Waals surface area contributed by atoms with E-state index < -0.39 is 8.32 Å². The molecule has 2 nitrogen and oxygen atoms in total. The molecule has 18 heavy (non-hydrogen) atoms. The first-order chi connectivity index (χ1) is 8.20. The second kappa shape index (κ2) is 7.24. The third-order valence-corrected chi connectivity index (χ3v) is 10.1. The summed E-state index contributed by atoms with van der Waals surface area (Å²) >= 11 is 0. The highest BCUT2D eigenvalue weighted by Crippen LogP contribution is 2.42. The first-order valence-electron chi connectivity index (χ1n) is 7.00. The average molecular weight is 270 g/mol. The molecule has 0 spiro atoms. The van der Waals surface area contributed by atoms with Crippen LogP contribution in [0.25, 0.3) is 0 Å². The van der Waals surface area contributed by atoms with E-state index >= 15 is 0 Å². The molecule has 0 aromatic heterocycles. The zero-order chi connectivity index (χ0) is 14.5. The molecule has 1 atom stereocenters. The van der Waals surface area contributed by atoms with Crippen LogP contribution >= 0.6 is 0 Å². The van der Waals surface area contributed by atoms with Gasteiger partial charge in [-0.25, -0.2) is 0 Å². The van der Waals surface area contributed by atoms with E-state index in [1.54, 1.807) is 0 Å². The number of hydrogen-bond donors (Lipinski definition) is 0. The predicted molar refractivity (Wildman–Crippen MR) is 81.4 cm³/mol. The molecule has 0 radical (unpaired) electrons. The molecule has 0 aromatic carbocycles. The minimum Gasteiger partial charge on any atom is -0.415 e. The highest BCUT2D eigenvalue weighted by atomic mass is 28.4. The molecule has 0 aliphatic heterocycles. The van der Waals surface area contributed by atoms with Crippen molar-refractivity contribution in [3.05, 3.63) is 12.7 Å². The number of carbonyl (C=O) groups is 1. The van der Waals surface area contributed by atoms with Crippen LogP contribution in [0.15, 0.2) is 12.7 Å². The van der Waals surface area contributed by atoms with E-state index in [0.717, 1.165) is 0 Å². The number of rotatable bonds is 8. The smallest absolute Gasteiger partial charge is 0.200 e. The molecule has 0 heterocycles. The van der Waals surface area contributed by atoms with Gasteiger partial charge in [0.1, 0.15) is 0 Å². The molecule has 0 saturated carbocycles. The van der Waals surface area contributed by atoms with Gasteiger partial charge in [-0.1, -0.05) is 55.0 Å². The Morgan fingerprint density at radius 1 is 1.06 bits per heavy atom. The molecule has 0 aromatic rings. The van der Waals surface area contributed by atoms with Crippen molar-refractivity contribution >= 4 is 14.1 Å². The van der Waals surface area contributed by atoms with Crippen LogP contribution in [0.3, 0.4) is 0 Å². The van der Waals surface area contributed by atoms with E-state index in [1.165, 1.54) is 6.08 Å². The Morgan fingerprint density at radius 3 is 1.72 bits per heavy atom. The molecule has 0 saturated heterocycles. The zero-order valence-electron chi connectivity index (χ0n) is 13.1. The van der Waals surface area contributed by atoms with Crippen molar-refractivity contribution in [1.29, 1.82) is 0 Å². The molecule has 0 N–H and O–H groups in total. The Hall–Kier alpha value is -0.413. The monoisotopic (exact) mass is 270 g/mol. The van der Waals surface area contributed by atoms with Crippen LogP contribution in [0.2, 0.25) is 16.6 Å². The SMILES string of the molecule is C=CC(=O)[C@H](C)CO[Si](C(C)C)(C(C)C)C(C)C. The summed E-state index contributed by atoms with van der Waals surface area (Å²) in [4.78, 5) is 11.6. The van der Waals surface area contributed by atoms with Crippen LogP contribution in [0.4, 0.5) is 0 Å². The van der Waals surface area contributed by atoms with E-state index in [4.69, 9.17) is 4.43 Å². The Labute approximate surface area is 114 Å². The fraction of sp³-hybridized carbons (Fsp3) is 0.800. The van der Waals surface area contributed by atoms with Gasteiger partial charge in [-0.15, -0.1) is 0 Å². The molecule has 0 bridgehead atoms. The van der Waals surface area contributed by atoms with Crippen molar-refractivity contribution in [1.82, 2.24) is 0 Å². The van der Waals surface area contributed by atoms with Gasteiger partial charge in [-0.05, 0) is 22.7 Å². The number of hydrogen-bond acceptors (Lipinski definition) is 2. The Balaban J connectivity index is 4.91. The van der Waals surface area contributed by atoms with Gasteiger partial charge in [0.2, 0.25) is 0 Å². The topological polar surface area (TPSA) is 26.3 Å². The fourth-order valence-electron chi connectivity index (χ4n) is 3.05. The summed E-state index contributed by atoms with van der Waals surface area (Å²) in [6.07, 6.45) is 1.40. The van der Waals surface area contributed by atoms with Gasteiger partial charge < -0.3 is 4.43 Å². The first kappa shape index (κ1) is 17.6. The average Bonchev–Trinajstić information content (AvgIpc) is 2.26. The van der Waals surface area contributed by atoms with Gasteiger partial charge in [0, 0.05) is 12.5 Å². The largest absolute Gasteiger partial charge is 0.415 e. The second-order valence-electron chi connectivity index (χ2n) is 6.14. The summed E-state index contributed by atoms with van der Waals surface area (Å²) < 4.78 is 6.37. The summed E-state index contributed by atoms with van der Waals surface area (Å²) in [5.41, 5.74) is 1.68. The van der Waals surface area contributed by atoms with Gasteiger partial charge in [-0.2, -0.15) is 0 Å². The molecule has 0 fully saturated rings. The number of ketones is 1. The summed E-state index contributed by atoms with van der Waals surface area (Å²) in [7, 11) is -1.84. The molecule has 106 valence electrons. The van der Waals surface area contributed by atoms with Crippen LogP contribution < -0.4 is 0 Å². The van der Waals surface area contributed by atoms with E-state index in [1.807, 2.05) is 6.92 Å². The third-order valence-electron chi connectivity index (χ3n) is 3.98. The highest BCUT2D eigenvalue weighted by molar-refractivity contribution is 6.77. The van der Waals surface area contributed by atoms with E-state index in [0.29, 0.717) is 23.2 Å². The van der Waals surface area contributed by atoms with E-state index in [2.05, 4.69) is 48.1 Å². The maximum Gasteiger partial charge on any atom is 0.200 e. The molecule has 0 rings (SSSR count). The van der Waals surface area contributed by atoms with Gasteiger partial charge in [0.05, 0.1) is 0 Å². The van der Waals surface area contributed by atoms with Crippen molar-refractivity contribution in [3.8, 4) is 0 Å².